The number of benzene rings is 1. The van der Waals surface area contributed by atoms with E-state index in [1.807, 2.05) is 0 Å². The Labute approximate surface area is 151 Å². The number of aryl methyl sites for hydroxylation is 1. The van der Waals surface area contributed by atoms with E-state index in [1.54, 1.807) is 5.56 Å². The van der Waals surface area contributed by atoms with Gasteiger partial charge in [-0.05, 0) is 104 Å². The highest BCUT2D eigenvalue weighted by Gasteiger charge is 2.54. The predicted molar refractivity (Wildman–Crippen MR) is 98.7 cm³/mol. The Morgan fingerprint density at radius 3 is 2.92 bits per heavy atom. The van der Waals surface area contributed by atoms with Crippen molar-refractivity contribution in [2.75, 3.05) is 6.54 Å². The molecule has 0 aromatic heterocycles. The SMILES string of the molecule is C[C@]12CC[C@@H]3c4ccc(OC5CCCN5)cc4CC[C@H]3[C@@H]1CC[C@@H]2O. The van der Waals surface area contributed by atoms with Gasteiger partial charge in [0, 0.05) is 0 Å². The summed E-state index contributed by atoms with van der Waals surface area (Å²) in [5.74, 6) is 3.22. The van der Waals surface area contributed by atoms with Crippen molar-refractivity contribution in [2.45, 2.75) is 76.5 Å². The zero-order chi connectivity index (χ0) is 17.0. The molecule has 5 rings (SSSR count). The number of fused-ring (bicyclic) bond motifs is 5. The fraction of sp³-hybridized carbons (Fsp3) is 0.727. The molecule has 0 spiro atoms. The van der Waals surface area contributed by atoms with Crippen LogP contribution in [0.3, 0.4) is 0 Å². The third-order valence-corrected chi connectivity index (χ3v) is 7.94. The van der Waals surface area contributed by atoms with Crippen molar-refractivity contribution in [3.05, 3.63) is 29.3 Å². The third kappa shape index (κ3) is 2.54. The number of hydrogen-bond donors (Lipinski definition) is 2. The topological polar surface area (TPSA) is 41.5 Å². The van der Waals surface area contributed by atoms with Crippen LogP contribution in [0.25, 0.3) is 0 Å². The van der Waals surface area contributed by atoms with Crippen molar-refractivity contribution in [1.29, 1.82) is 0 Å². The van der Waals surface area contributed by atoms with Gasteiger partial charge in [0.1, 0.15) is 12.0 Å². The first-order chi connectivity index (χ1) is 12.1. The number of rotatable bonds is 2. The predicted octanol–water partition coefficient (Wildman–Crippen LogP) is 3.99. The second-order valence-electron chi connectivity index (χ2n) is 9.12. The summed E-state index contributed by atoms with van der Waals surface area (Å²) in [7, 11) is 0. The van der Waals surface area contributed by atoms with Gasteiger partial charge < -0.3 is 9.84 Å². The molecule has 1 aromatic carbocycles. The summed E-state index contributed by atoms with van der Waals surface area (Å²) in [4.78, 5) is 0. The zero-order valence-electron chi connectivity index (χ0n) is 15.3. The molecule has 3 heteroatoms. The van der Waals surface area contributed by atoms with E-state index in [-0.39, 0.29) is 17.7 Å². The maximum atomic E-state index is 10.5. The fourth-order valence-corrected chi connectivity index (χ4v) is 6.52. The Balaban J connectivity index is 1.39. The summed E-state index contributed by atoms with van der Waals surface area (Å²) in [6, 6.07) is 6.85. The molecule has 25 heavy (non-hydrogen) atoms. The first-order valence-electron chi connectivity index (χ1n) is 10.4. The summed E-state index contributed by atoms with van der Waals surface area (Å²) in [6.07, 6.45) is 9.58. The van der Waals surface area contributed by atoms with Crippen LogP contribution < -0.4 is 10.1 Å². The van der Waals surface area contributed by atoms with Gasteiger partial charge in [0.05, 0.1) is 6.10 Å². The lowest BCUT2D eigenvalue weighted by Crippen LogP contribution is -2.43. The summed E-state index contributed by atoms with van der Waals surface area (Å²) < 4.78 is 6.13. The Morgan fingerprint density at radius 2 is 2.08 bits per heavy atom. The van der Waals surface area contributed by atoms with Crippen LogP contribution in [-0.2, 0) is 6.42 Å². The van der Waals surface area contributed by atoms with E-state index < -0.39 is 0 Å². The Morgan fingerprint density at radius 1 is 1.16 bits per heavy atom. The first kappa shape index (κ1) is 16.1. The van der Waals surface area contributed by atoms with E-state index in [1.165, 1.54) is 44.1 Å². The largest absolute Gasteiger partial charge is 0.475 e. The molecule has 1 heterocycles. The van der Waals surface area contributed by atoms with Crippen molar-refractivity contribution in [2.24, 2.45) is 17.3 Å². The van der Waals surface area contributed by atoms with Crippen molar-refractivity contribution in [1.82, 2.24) is 5.32 Å². The second-order valence-corrected chi connectivity index (χ2v) is 9.12. The quantitative estimate of drug-likeness (QED) is 0.854. The molecule has 1 unspecified atom stereocenters. The highest BCUT2D eigenvalue weighted by molar-refractivity contribution is 5.41. The van der Waals surface area contributed by atoms with Crippen LogP contribution in [0.15, 0.2) is 18.2 Å². The monoisotopic (exact) mass is 341 g/mol. The minimum atomic E-state index is -0.0745. The smallest absolute Gasteiger partial charge is 0.150 e. The van der Waals surface area contributed by atoms with Gasteiger partial charge in [-0.1, -0.05) is 13.0 Å². The van der Waals surface area contributed by atoms with Crippen LogP contribution in [0.5, 0.6) is 5.75 Å². The van der Waals surface area contributed by atoms with E-state index in [4.69, 9.17) is 4.74 Å². The van der Waals surface area contributed by atoms with Crippen molar-refractivity contribution < 1.29 is 9.84 Å². The summed E-state index contributed by atoms with van der Waals surface area (Å²) in [5.41, 5.74) is 3.26. The first-order valence-corrected chi connectivity index (χ1v) is 10.4. The lowest BCUT2D eigenvalue weighted by molar-refractivity contribution is -0.0226. The molecule has 1 aliphatic heterocycles. The number of ether oxygens (including phenoxy) is 1. The molecule has 1 saturated heterocycles. The van der Waals surface area contributed by atoms with Crippen LogP contribution >= 0.6 is 0 Å². The molecular weight excluding hydrogens is 310 g/mol. The minimum absolute atomic E-state index is 0.0745. The molecule has 2 saturated carbocycles. The van der Waals surface area contributed by atoms with E-state index in [0.717, 1.165) is 31.1 Å². The third-order valence-electron chi connectivity index (χ3n) is 7.94. The average Bonchev–Trinajstić information content (AvgIpc) is 3.23. The molecule has 2 N–H and O–H groups in total. The molecule has 3 aliphatic carbocycles. The molecule has 0 amide bonds. The summed E-state index contributed by atoms with van der Waals surface area (Å²) >= 11 is 0. The van der Waals surface area contributed by atoms with Crippen LogP contribution in [0.2, 0.25) is 0 Å². The molecule has 0 radical (unpaired) electrons. The lowest BCUT2D eigenvalue weighted by Gasteiger charge is -2.50. The minimum Gasteiger partial charge on any atom is -0.475 e. The maximum absolute atomic E-state index is 10.5. The van der Waals surface area contributed by atoms with Crippen molar-refractivity contribution >= 4 is 0 Å². The average molecular weight is 341 g/mol. The van der Waals surface area contributed by atoms with Gasteiger partial charge >= 0.3 is 0 Å². The molecular formula is C22H31NO2. The van der Waals surface area contributed by atoms with Gasteiger partial charge in [-0.3, -0.25) is 5.32 Å². The van der Waals surface area contributed by atoms with E-state index in [9.17, 15) is 5.11 Å². The normalized spacial score (nSPS) is 42.6. The molecule has 136 valence electrons. The molecule has 3 fully saturated rings. The maximum Gasteiger partial charge on any atom is 0.150 e. The van der Waals surface area contributed by atoms with Crippen LogP contribution in [0.4, 0.5) is 0 Å². The van der Waals surface area contributed by atoms with Crippen LogP contribution in [0, 0.1) is 17.3 Å². The van der Waals surface area contributed by atoms with E-state index >= 15 is 0 Å². The fourth-order valence-electron chi connectivity index (χ4n) is 6.52. The summed E-state index contributed by atoms with van der Waals surface area (Å²) in [6.45, 7) is 3.43. The van der Waals surface area contributed by atoms with Crippen molar-refractivity contribution in [3.63, 3.8) is 0 Å². The van der Waals surface area contributed by atoms with Crippen LogP contribution in [0.1, 0.15) is 68.9 Å². The highest BCUT2D eigenvalue weighted by atomic mass is 16.5. The highest BCUT2D eigenvalue weighted by Crippen LogP contribution is 2.60. The van der Waals surface area contributed by atoms with Gasteiger partial charge in [0.2, 0.25) is 0 Å². The van der Waals surface area contributed by atoms with Gasteiger partial charge in [0.15, 0.2) is 0 Å². The summed E-state index contributed by atoms with van der Waals surface area (Å²) in [5, 5.41) is 13.9. The molecule has 0 bridgehead atoms. The van der Waals surface area contributed by atoms with Crippen molar-refractivity contribution in [3.8, 4) is 5.75 Å². The van der Waals surface area contributed by atoms with Gasteiger partial charge in [-0.2, -0.15) is 0 Å². The Hall–Kier alpha value is -1.06. The number of nitrogens with one attached hydrogen (secondary N) is 1. The number of hydrogen-bond acceptors (Lipinski definition) is 3. The number of aliphatic hydroxyl groups is 1. The number of aliphatic hydroxyl groups excluding tert-OH is 1. The Bertz CT molecular complexity index is 653. The molecule has 1 aromatic rings. The zero-order valence-corrected chi connectivity index (χ0v) is 15.3. The molecule has 3 nitrogen and oxygen atoms in total. The van der Waals surface area contributed by atoms with Gasteiger partial charge in [0.25, 0.3) is 0 Å². The Kier molecular flexibility index (Phi) is 3.87. The second kappa shape index (κ2) is 5.99. The van der Waals surface area contributed by atoms with Gasteiger partial charge in [-0.25, -0.2) is 0 Å². The molecule has 4 aliphatic rings. The van der Waals surface area contributed by atoms with Crippen LogP contribution in [-0.4, -0.2) is 24.0 Å². The van der Waals surface area contributed by atoms with Gasteiger partial charge in [-0.15, -0.1) is 0 Å². The van der Waals surface area contributed by atoms with E-state index in [0.29, 0.717) is 11.8 Å². The standard InChI is InChI=1S/C22H31NO2/c1-22-11-10-17-16-7-5-15(25-21-3-2-12-23-21)13-14(16)4-6-18(17)19(22)8-9-20(22)24/h5,7,13,17-21,23-24H,2-4,6,8-12H2,1H3/t17-,18-,19+,20+,21?,22+/m1/s1. The molecule has 6 atom stereocenters. The van der Waals surface area contributed by atoms with E-state index in [2.05, 4.69) is 30.4 Å². The lowest BCUT2D eigenvalue weighted by atomic mass is 9.55.